The predicted octanol–water partition coefficient (Wildman–Crippen LogP) is 2.39. The highest BCUT2D eigenvalue weighted by molar-refractivity contribution is 8.01. The summed E-state index contributed by atoms with van der Waals surface area (Å²) in [5.74, 6) is -0.498. The van der Waals surface area contributed by atoms with Crippen molar-refractivity contribution < 1.29 is 22.7 Å². The highest BCUT2D eigenvalue weighted by Crippen LogP contribution is 2.36. The van der Waals surface area contributed by atoms with E-state index in [0.717, 1.165) is 4.90 Å². The first-order valence-corrected chi connectivity index (χ1v) is 11.8. The molecule has 4 rings (SSSR count). The standard InChI is InChI=1S/C20H21N3O5S2/c1-13-19(24)22-17-11-14(5-6-18(17)29-13)20(25)21-15-3-2-4-16(12-15)30(26,27)23-7-9-28-10-8-23/h2-6,11-13H,7-10H2,1H3,(H,21,25)(H,22,24). The SMILES string of the molecule is CC1Sc2ccc(C(=O)Nc3cccc(S(=O)(=O)N4CCOCC4)c3)cc2NC1=O. The van der Waals surface area contributed by atoms with Gasteiger partial charge in [0.2, 0.25) is 15.9 Å². The number of fused-ring (bicyclic) bond motifs is 1. The number of rotatable bonds is 4. The minimum absolute atomic E-state index is 0.105. The zero-order chi connectivity index (χ0) is 21.3. The fraction of sp³-hybridized carbons (Fsp3) is 0.300. The fourth-order valence-corrected chi connectivity index (χ4v) is 5.61. The van der Waals surface area contributed by atoms with E-state index >= 15 is 0 Å². The van der Waals surface area contributed by atoms with Gasteiger partial charge < -0.3 is 15.4 Å². The van der Waals surface area contributed by atoms with Crippen LogP contribution in [0.3, 0.4) is 0 Å². The number of amides is 2. The predicted molar refractivity (Wildman–Crippen MR) is 114 cm³/mol. The van der Waals surface area contributed by atoms with Gasteiger partial charge in [-0.25, -0.2) is 8.42 Å². The van der Waals surface area contributed by atoms with E-state index in [1.165, 1.54) is 28.2 Å². The summed E-state index contributed by atoms with van der Waals surface area (Å²) in [7, 11) is -3.66. The number of benzene rings is 2. The molecule has 0 saturated carbocycles. The zero-order valence-corrected chi connectivity index (χ0v) is 17.9. The third-order valence-electron chi connectivity index (χ3n) is 4.87. The number of sulfonamides is 1. The number of carbonyl (C=O) groups excluding carboxylic acids is 2. The molecule has 2 aromatic rings. The van der Waals surface area contributed by atoms with Crippen molar-refractivity contribution in [1.82, 2.24) is 4.31 Å². The minimum Gasteiger partial charge on any atom is -0.379 e. The van der Waals surface area contributed by atoms with Gasteiger partial charge in [0.25, 0.3) is 5.91 Å². The Morgan fingerprint density at radius 2 is 1.97 bits per heavy atom. The van der Waals surface area contributed by atoms with Gasteiger partial charge in [0.1, 0.15) is 0 Å². The van der Waals surface area contributed by atoms with Crippen LogP contribution >= 0.6 is 11.8 Å². The lowest BCUT2D eigenvalue weighted by Gasteiger charge is -2.26. The third kappa shape index (κ3) is 4.22. The van der Waals surface area contributed by atoms with E-state index in [0.29, 0.717) is 43.2 Å². The second-order valence-electron chi connectivity index (χ2n) is 6.96. The number of anilines is 2. The Hall–Kier alpha value is -2.40. The number of carbonyl (C=O) groups is 2. The monoisotopic (exact) mass is 447 g/mol. The van der Waals surface area contributed by atoms with Gasteiger partial charge >= 0.3 is 0 Å². The Bertz CT molecular complexity index is 1100. The lowest BCUT2D eigenvalue weighted by atomic mass is 10.1. The molecule has 0 aromatic heterocycles. The molecule has 0 aliphatic carbocycles. The highest BCUT2D eigenvalue weighted by atomic mass is 32.2. The topological polar surface area (TPSA) is 105 Å². The number of morpholine rings is 1. The van der Waals surface area contributed by atoms with Crippen LogP contribution in [0.5, 0.6) is 0 Å². The molecular formula is C20H21N3O5S2. The summed E-state index contributed by atoms with van der Waals surface area (Å²) in [6, 6.07) is 11.3. The molecule has 2 N–H and O–H groups in total. The zero-order valence-electron chi connectivity index (χ0n) is 16.3. The summed E-state index contributed by atoms with van der Waals surface area (Å²) in [5.41, 5.74) is 1.34. The van der Waals surface area contributed by atoms with Crippen molar-refractivity contribution in [2.24, 2.45) is 0 Å². The molecule has 2 heterocycles. The van der Waals surface area contributed by atoms with Crippen molar-refractivity contribution in [2.45, 2.75) is 22.0 Å². The Morgan fingerprint density at radius 1 is 1.20 bits per heavy atom. The molecule has 2 amide bonds. The van der Waals surface area contributed by atoms with Crippen LogP contribution in [0.4, 0.5) is 11.4 Å². The molecule has 2 aliphatic heterocycles. The van der Waals surface area contributed by atoms with Crippen LogP contribution < -0.4 is 10.6 Å². The summed E-state index contributed by atoms with van der Waals surface area (Å²) in [6.07, 6.45) is 0. The molecule has 0 spiro atoms. The second-order valence-corrected chi connectivity index (χ2v) is 10.3. The van der Waals surface area contributed by atoms with Crippen LogP contribution in [0.15, 0.2) is 52.3 Å². The van der Waals surface area contributed by atoms with Crippen molar-refractivity contribution in [3.05, 3.63) is 48.0 Å². The Morgan fingerprint density at radius 3 is 2.73 bits per heavy atom. The number of hydrogen-bond acceptors (Lipinski definition) is 6. The number of nitrogens with one attached hydrogen (secondary N) is 2. The Kier molecular flexibility index (Phi) is 5.83. The summed E-state index contributed by atoms with van der Waals surface area (Å²) in [5, 5.41) is 5.35. The van der Waals surface area contributed by atoms with Gasteiger partial charge in [-0.2, -0.15) is 4.31 Å². The van der Waals surface area contributed by atoms with Crippen molar-refractivity contribution in [3.63, 3.8) is 0 Å². The molecule has 10 heteroatoms. The normalized spacial score (nSPS) is 19.6. The van der Waals surface area contributed by atoms with Crippen LogP contribution in [0.1, 0.15) is 17.3 Å². The molecule has 158 valence electrons. The maximum atomic E-state index is 12.8. The second kappa shape index (κ2) is 8.38. The van der Waals surface area contributed by atoms with E-state index in [9.17, 15) is 18.0 Å². The fourth-order valence-electron chi connectivity index (χ4n) is 3.22. The molecule has 1 fully saturated rings. The van der Waals surface area contributed by atoms with Crippen LogP contribution in [-0.4, -0.2) is 56.1 Å². The molecule has 0 bridgehead atoms. The van der Waals surface area contributed by atoms with E-state index in [-0.39, 0.29) is 16.1 Å². The first-order valence-electron chi connectivity index (χ1n) is 9.45. The van der Waals surface area contributed by atoms with E-state index in [4.69, 9.17) is 4.74 Å². The number of hydrogen-bond donors (Lipinski definition) is 2. The largest absolute Gasteiger partial charge is 0.379 e. The van der Waals surface area contributed by atoms with Crippen molar-refractivity contribution in [1.29, 1.82) is 0 Å². The first-order chi connectivity index (χ1) is 14.3. The molecular weight excluding hydrogens is 426 g/mol. The quantitative estimate of drug-likeness (QED) is 0.746. The van der Waals surface area contributed by atoms with Crippen LogP contribution in [0.25, 0.3) is 0 Å². The average molecular weight is 448 g/mol. The van der Waals surface area contributed by atoms with Crippen LogP contribution in [-0.2, 0) is 19.6 Å². The van der Waals surface area contributed by atoms with E-state index in [1.54, 1.807) is 30.3 Å². The van der Waals surface area contributed by atoms with Crippen molar-refractivity contribution >= 4 is 45.0 Å². The van der Waals surface area contributed by atoms with Crippen LogP contribution in [0, 0.1) is 0 Å². The van der Waals surface area contributed by atoms with Gasteiger partial charge in [-0.3, -0.25) is 9.59 Å². The van der Waals surface area contributed by atoms with Gasteiger partial charge in [-0.1, -0.05) is 6.07 Å². The van der Waals surface area contributed by atoms with Crippen molar-refractivity contribution in [2.75, 3.05) is 36.9 Å². The van der Waals surface area contributed by atoms with Gasteiger partial charge in [0.15, 0.2) is 0 Å². The van der Waals surface area contributed by atoms with Gasteiger partial charge in [0, 0.05) is 29.2 Å². The Balaban J connectivity index is 1.52. The maximum Gasteiger partial charge on any atom is 0.255 e. The smallest absolute Gasteiger partial charge is 0.255 e. The molecule has 2 aromatic carbocycles. The number of thioether (sulfide) groups is 1. The lowest BCUT2D eigenvalue weighted by molar-refractivity contribution is -0.115. The molecule has 2 aliphatic rings. The average Bonchev–Trinajstić information content (AvgIpc) is 2.75. The number of ether oxygens (including phenoxy) is 1. The van der Waals surface area contributed by atoms with Crippen molar-refractivity contribution in [3.8, 4) is 0 Å². The van der Waals surface area contributed by atoms with E-state index in [1.807, 2.05) is 6.92 Å². The van der Waals surface area contributed by atoms with Gasteiger partial charge in [0.05, 0.1) is 29.0 Å². The van der Waals surface area contributed by atoms with E-state index in [2.05, 4.69) is 10.6 Å². The van der Waals surface area contributed by atoms with Gasteiger partial charge in [-0.15, -0.1) is 11.8 Å². The number of nitrogens with zero attached hydrogens (tertiary/aromatic N) is 1. The summed E-state index contributed by atoms with van der Waals surface area (Å²) >= 11 is 1.44. The highest BCUT2D eigenvalue weighted by Gasteiger charge is 2.27. The molecule has 1 saturated heterocycles. The summed E-state index contributed by atoms with van der Waals surface area (Å²) in [4.78, 5) is 25.6. The van der Waals surface area contributed by atoms with Crippen LogP contribution in [0.2, 0.25) is 0 Å². The third-order valence-corrected chi connectivity index (χ3v) is 7.94. The Labute approximate surface area is 179 Å². The maximum absolute atomic E-state index is 12.8. The molecule has 1 atom stereocenters. The van der Waals surface area contributed by atoms with Gasteiger partial charge in [-0.05, 0) is 43.3 Å². The summed E-state index contributed by atoms with van der Waals surface area (Å²) in [6.45, 7) is 3.15. The lowest BCUT2D eigenvalue weighted by Crippen LogP contribution is -2.40. The summed E-state index contributed by atoms with van der Waals surface area (Å²) < 4.78 is 32.3. The minimum atomic E-state index is -3.66. The first kappa shape index (κ1) is 20.9. The molecule has 30 heavy (non-hydrogen) atoms. The molecule has 8 nitrogen and oxygen atoms in total. The molecule has 0 radical (unpaired) electrons. The molecule has 1 unspecified atom stereocenters. The van der Waals surface area contributed by atoms with E-state index < -0.39 is 15.9 Å².